The first-order valence-corrected chi connectivity index (χ1v) is 8.96. The minimum absolute atomic E-state index is 0.0904. The van der Waals surface area contributed by atoms with Crippen LogP contribution < -0.4 is 10.5 Å². The third kappa shape index (κ3) is 4.78. The lowest BCUT2D eigenvalue weighted by Crippen LogP contribution is -2.50. The monoisotopic (exact) mass is 311 g/mol. The van der Waals surface area contributed by atoms with E-state index in [9.17, 15) is 8.42 Å². The Balaban J connectivity index is 1.99. The summed E-state index contributed by atoms with van der Waals surface area (Å²) >= 11 is 0. The molecule has 0 saturated heterocycles. The predicted molar refractivity (Wildman–Crippen MR) is 84.8 cm³/mol. The van der Waals surface area contributed by atoms with E-state index in [1.807, 2.05) is 30.3 Å². The molecule has 6 heteroatoms. The highest BCUT2D eigenvalue weighted by atomic mass is 32.2. The fraction of sp³-hybridized carbons (Fsp3) is 0.600. The molecule has 1 aliphatic rings. The zero-order valence-electron chi connectivity index (χ0n) is 12.5. The van der Waals surface area contributed by atoms with Crippen LogP contribution in [-0.2, 0) is 16.8 Å². The van der Waals surface area contributed by atoms with Gasteiger partial charge in [0.25, 0.3) is 10.2 Å². The van der Waals surface area contributed by atoms with Crippen LogP contribution in [0.25, 0.3) is 0 Å². The lowest BCUT2D eigenvalue weighted by molar-refractivity contribution is 0.413. The van der Waals surface area contributed by atoms with E-state index in [1.54, 1.807) is 7.05 Å². The Kier molecular flexibility index (Phi) is 5.75. The van der Waals surface area contributed by atoms with Crippen molar-refractivity contribution in [2.24, 2.45) is 5.73 Å². The number of hydrogen-bond donors (Lipinski definition) is 2. The number of benzene rings is 1. The van der Waals surface area contributed by atoms with Crippen LogP contribution in [0.15, 0.2) is 30.3 Å². The lowest BCUT2D eigenvalue weighted by atomic mass is 10.1. The second-order valence-corrected chi connectivity index (χ2v) is 7.58. The van der Waals surface area contributed by atoms with Crippen molar-refractivity contribution in [2.75, 3.05) is 7.05 Å². The molecule has 21 heavy (non-hydrogen) atoms. The summed E-state index contributed by atoms with van der Waals surface area (Å²) in [6, 6.07) is 9.32. The minimum atomic E-state index is -3.50. The van der Waals surface area contributed by atoms with Gasteiger partial charge in [0.05, 0.1) is 0 Å². The second-order valence-electron chi connectivity index (χ2n) is 5.77. The Hall–Kier alpha value is -0.950. The van der Waals surface area contributed by atoms with Gasteiger partial charge >= 0.3 is 0 Å². The summed E-state index contributed by atoms with van der Waals surface area (Å²) in [7, 11) is -1.91. The highest BCUT2D eigenvalue weighted by Gasteiger charge is 2.27. The SMILES string of the molecule is CN(Cc1ccccc1)S(=O)(=O)NC1CCCCCC1N. The van der Waals surface area contributed by atoms with Crippen molar-refractivity contribution in [3.8, 4) is 0 Å². The van der Waals surface area contributed by atoms with E-state index in [2.05, 4.69) is 4.72 Å². The molecule has 0 aliphatic heterocycles. The maximum absolute atomic E-state index is 12.4. The molecule has 1 aromatic carbocycles. The fourth-order valence-corrected chi connectivity index (χ4v) is 3.86. The summed E-state index contributed by atoms with van der Waals surface area (Å²) < 4.78 is 29.0. The summed E-state index contributed by atoms with van der Waals surface area (Å²) in [6.07, 6.45) is 4.95. The van der Waals surface area contributed by atoms with Crippen LogP contribution in [0.4, 0.5) is 0 Å². The van der Waals surface area contributed by atoms with Gasteiger partial charge in [-0.05, 0) is 18.4 Å². The summed E-state index contributed by atoms with van der Waals surface area (Å²) in [5.74, 6) is 0. The van der Waals surface area contributed by atoms with E-state index in [0.717, 1.165) is 37.7 Å². The Morgan fingerprint density at radius 3 is 2.57 bits per heavy atom. The molecular weight excluding hydrogens is 286 g/mol. The lowest BCUT2D eigenvalue weighted by Gasteiger charge is -2.26. The predicted octanol–water partition coefficient (Wildman–Crippen LogP) is 1.61. The Morgan fingerprint density at radius 1 is 1.19 bits per heavy atom. The van der Waals surface area contributed by atoms with Crippen molar-refractivity contribution in [3.05, 3.63) is 35.9 Å². The maximum atomic E-state index is 12.4. The molecule has 0 bridgehead atoms. The fourth-order valence-electron chi connectivity index (χ4n) is 2.69. The van der Waals surface area contributed by atoms with Crippen molar-refractivity contribution in [1.82, 2.24) is 9.03 Å². The summed E-state index contributed by atoms with van der Waals surface area (Å²) in [5, 5.41) is 0. The van der Waals surface area contributed by atoms with Crippen LogP contribution in [0.5, 0.6) is 0 Å². The first-order valence-electron chi connectivity index (χ1n) is 7.52. The largest absolute Gasteiger partial charge is 0.326 e. The molecule has 3 N–H and O–H groups in total. The van der Waals surface area contributed by atoms with Crippen LogP contribution in [0.2, 0.25) is 0 Å². The third-order valence-corrected chi connectivity index (χ3v) is 5.58. The van der Waals surface area contributed by atoms with Crippen LogP contribution in [0.3, 0.4) is 0 Å². The van der Waals surface area contributed by atoms with E-state index in [4.69, 9.17) is 5.73 Å². The number of nitrogens with one attached hydrogen (secondary N) is 1. The Morgan fingerprint density at radius 2 is 1.86 bits per heavy atom. The van der Waals surface area contributed by atoms with Gasteiger partial charge in [-0.25, -0.2) is 0 Å². The smallest absolute Gasteiger partial charge is 0.279 e. The molecule has 0 radical (unpaired) electrons. The van der Waals surface area contributed by atoms with Crippen LogP contribution >= 0.6 is 0 Å². The van der Waals surface area contributed by atoms with E-state index >= 15 is 0 Å². The molecule has 0 heterocycles. The van der Waals surface area contributed by atoms with Gasteiger partial charge in [0, 0.05) is 25.7 Å². The average Bonchev–Trinajstić information content (AvgIpc) is 2.65. The zero-order valence-corrected chi connectivity index (χ0v) is 13.3. The third-order valence-electron chi connectivity index (χ3n) is 4.03. The van der Waals surface area contributed by atoms with Crippen molar-refractivity contribution < 1.29 is 8.42 Å². The van der Waals surface area contributed by atoms with Gasteiger partial charge in [-0.2, -0.15) is 17.4 Å². The quantitative estimate of drug-likeness (QED) is 0.811. The van der Waals surface area contributed by atoms with Crippen molar-refractivity contribution in [1.29, 1.82) is 0 Å². The van der Waals surface area contributed by atoms with Crippen LogP contribution in [-0.4, -0.2) is 31.9 Å². The number of nitrogens with two attached hydrogens (primary N) is 1. The molecule has 0 amide bonds. The molecule has 1 saturated carbocycles. The highest BCUT2D eigenvalue weighted by Crippen LogP contribution is 2.18. The molecule has 118 valence electrons. The maximum Gasteiger partial charge on any atom is 0.279 e. The molecule has 1 aromatic rings. The van der Waals surface area contributed by atoms with E-state index < -0.39 is 10.2 Å². The molecular formula is C15H25N3O2S. The van der Waals surface area contributed by atoms with Crippen LogP contribution in [0.1, 0.15) is 37.7 Å². The van der Waals surface area contributed by atoms with E-state index in [0.29, 0.717) is 6.54 Å². The van der Waals surface area contributed by atoms with Gasteiger partial charge in [-0.1, -0.05) is 49.6 Å². The molecule has 0 spiro atoms. The van der Waals surface area contributed by atoms with E-state index in [1.165, 1.54) is 4.31 Å². The Labute approximate surface area is 127 Å². The first kappa shape index (κ1) is 16.4. The topological polar surface area (TPSA) is 75.4 Å². The summed E-state index contributed by atoms with van der Waals surface area (Å²) in [6.45, 7) is 0.359. The first-order chi connectivity index (χ1) is 9.99. The molecule has 2 unspecified atom stereocenters. The minimum Gasteiger partial charge on any atom is -0.326 e. The Bertz CT molecular complexity index is 533. The molecule has 2 rings (SSSR count). The van der Waals surface area contributed by atoms with Gasteiger partial charge in [0.2, 0.25) is 0 Å². The second kappa shape index (κ2) is 7.35. The van der Waals surface area contributed by atoms with Gasteiger partial charge in [0.15, 0.2) is 0 Å². The number of nitrogens with zero attached hydrogens (tertiary/aromatic N) is 1. The van der Waals surface area contributed by atoms with Crippen LogP contribution in [0, 0.1) is 0 Å². The van der Waals surface area contributed by atoms with Crippen molar-refractivity contribution in [3.63, 3.8) is 0 Å². The van der Waals surface area contributed by atoms with Gasteiger partial charge in [-0.15, -0.1) is 0 Å². The number of rotatable bonds is 5. The van der Waals surface area contributed by atoms with Gasteiger partial charge < -0.3 is 5.73 Å². The molecule has 1 fully saturated rings. The number of hydrogen-bond acceptors (Lipinski definition) is 3. The molecule has 2 atom stereocenters. The standard InChI is InChI=1S/C15H25N3O2S/c1-18(12-13-8-4-2-5-9-13)21(19,20)17-15-11-7-3-6-10-14(15)16/h2,4-5,8-9,14-15,17H,3,6-7,10-12,16H2,1H3. The molecule has 0 aromatic heterocycles. The summed E-state index contributed by atoms with van der Waals surface area (Å²) in [4.78, 5) is 0. The van der Waals surface area contributed by atoms with Crippen molar-refractivity contribution >= 4 is 10.2 Å². The van der Waals surface area contributed by atoms with Gasteiger partial charge in [-0.3, -0.25) is 0 Å². The molecule has 1 aliphatic carbocycles. The summed E-state index contributed by atoms with van der Waals surface area (Å²) in [5.41, 5.74) is 7.06. The zero-order chi connectivity index (χ0) is 15.3. The highest BCUT2D eigenvalue weighted by molar-refractivity contribution is 7.87. The normalized spacial score (nSPS) is 24.0. The van der Waals surface area contributed by atoms with Gasteiger partial charge in [0.1, 0.15) is 0 Å². The van der Waals surface area contributed by atoms with Crippen molar-refractivity contribution in [2.45, 2.75) is 50.7 Å². The average molecular weight is 311 g/mol. The molecule has 5 nitrogen and oxygen atoms in total. The van der Waals surface area contributed by atoms with E-state index in [-0.39, 0.29) is 12.1 Å².